The fourth-order valence-electron chi connectivity index (χ4n) is 2.70. The molecular weight excluding hydrogens is 364 g/mol. The first-order chi connectivity index (χ1) is 13.3. The predicted molar refractivity (Wildman–Crippen MR) is 103 cm³/mol. The van der Waals surface area contributed by atoms with E-state index in [9.17, 15) is 19.7 Å². The van der Waals surface area contributed by atoms with Crippen LogP contribution >= 0.6 is 0 Å². The molecule has 2 aromatic rings. The van der Waals surface area contributed by atoms with Crippen molar-refractivity contribution in [2.75, 3.05) is 20.3 Å². The zero-order valence-corrected chi connectivity index (χ0v) is 16.0. The number of nitrogens with one attached hydrogen (secondary N) is 1. The van der Waals surface area contributed by atoms with E-state index >= 15 is 0 Å². The van der Waals surface area contributed by atoms with E-state index in [0.29, 0.717) is 13.0 Å². The lowest BCUT2D eigenvalue weighted by Crippen LogP contribution is -2.26. The summed E-state index contributed by atoms with van der Waals surface area (Å²) in [7, 11) is 1.58. The Hall–Kier alpha value is -3.42. The molecule has 0 spiro atoms. The molecule has 148 valence electrons. The highest BCUT2D eigenvalue weighted by Crippen LogP contribution is 2.20. The molecule has 28 heavy (non-hydrogen) atoms. The zero-order chi connectivity index (χ0) is 20.7. The van der Waals surface area contributed by atoms with Crippen molar-refractivity contribution in [3.63, 3.8) is 0 Å². The summed E-state index contributed by atoms with van der Waals surface area (Å²) in [6.45, 7) is 4.02. The van der Waals surface area contributed by atoms with Gasteiger partial charge in [0.05, 0.1) is 24.2 Å². The number of aryl methyl sites for hydroxylation is 1. The molecule has 0 saturated heterocycles. The van der Waals surface area contributed by atoms with Crippen molar-refractivity contribution in [3.8, 4) is 5.75 Å². The Kier molecular flexibility index (Phi) is 7.08. The Morgan fingerprint density at radius 2 is 1.86 bits per heavy atom. The third kappa shape index (κ3) is 5.29. The Morgan fingerprint density at radius 1 is 1.14 bits per heavy atom. The molecule has 0 atom stereocenters. The minimum Gasteiger partial charge on any atom is -0.496 e. The SMILES string of the molecule is CCOC(=O)c1cc(C(=O)NCCc2cc(C)ccc2OC)cc([N+](=O)[O-])c1. The van der Waals surface area contributed by atoms with Crippen LogP contribution in [-0.4, -0.2) is 37.1 Å². The van der Waals surface area contributed by atoms with Crippen LogP contribution in [0.25, 0.3) is 0 Å². The van der Waals surface area contributed by atoms with Crippen molar-refractivity contribution < 1.29 is 24.0 Å². The average molecular weight is 386 g/mol. The molecule has 0 aliphatic carbocycles. The van der Waals surface area contributed by atoms with Gasteiger partial charge in [-0.2, -0.15) is 0 Å². The highest BCUT2D eigenvalue weighted by atomic mass is 16.6. The summed E-state index contributed by atoms with van der Waals surface area (Å²) in [5.74, 6) is -0.509. The maximum Gasteiger partial charge on any atom is 0.338 e. The number of nitro groups is 1. The summed E-state index contributed by atoms with van der Waals surface area (Å²) in [4.78, 5) is 34.8. The molecule has 0 heterocycles. The third-order valence-corrected chi connectivity index (χ3v) is 4.02. The molecular formula is C20H22N2O6. The van der Waals surface area contributed by atoms with Gasteiger partial charge in [-0.3, -0.25) is 14.9 Å². The predicted octanol–water partition coefficient (Wildman–Crippen LogP) is 3.06. The van der Waals surface area contributed by atoms with Gasteiger partial charge in [0.1, 0.15) is 5.75 Å². The van der Waals surface area contributed by atoms with Crippen molar-refractivity contribution in [1.82, 2.24) is 5.32 Å². The average Bonchev–Trinajstić information content (AvgIpc) is 2.67. The standard InChI is InChI=1S/C20H22N2O6/c1-4-28-20(24)16-10-15(11-17(12-16)22(25)26)19(23)21-8-7-14-9-13(2)5-6-18(14)27-3/h5-6,9-12H,4,7-8H2,1-3H3,(H,21,23). The number of carbonyl (C=O) groups excluding carboxylic acids is 2. The maximum absolute atomic E-state index is 12.4. The molecule has 2 rings (SSSR count). The number of ether oxygens (including phenoxy) is 2. The van der Waals surface area contributed by atoms with Gasteiger partial charge in [-0.15, -0.1) is 0 Å². The van der Waals surface area contributed by atoms with Gasteiger partial charge in [0.15, 0.2) is 0 Å². The Balaban J connectivity index is 2.14. The first-order valence-electron chi connectivity index (χ1n) is 8.74. The van der Waals surface area contributed by atoms with Crippen LogP contribution in [0.2, 0.25) is 0 Å². The third-order valence-electron chi connectivity index (χ3n) is 4.02. The van der Waals surface area contributed by atoms with Crippen molar-refractivity contribution >= 4 is 17.6 Å². The maximum atomic E-state index is 12.4. The van der Waals surface area contributed by atoms with Crippen molar-refractivity contribution in [2.24, 2.45) is 0 Å². The lowest BCUT2D eigenvalue weighted by molar-refractivity contribution is -0.384. The molecule has 1 amide bonds. The van der Waals surface area contributed by atoms with Crippen LogP contribution in [0.4, 0.5) is 5.69 Å². The number of hydrogen-bond acceptors (Lipinski definition) is 6. The molecule has 0 fully saturated rings. The summed E-state index contributed by atoms with van der Waals surface area (Å²) < 4.78 is 10.2. The van der Waals surface area contributed by atoms with Crippen LogP contribution in [-0.2, 0) is 11.2 Å². The Morgan fingerprint density at radius 3 is 2.50 bits per heavy atom. The molecule has 8 nitrogen and oxygen atoms in total. The van der Waals surface area contributed by atoms with Gasteiger partial charge >= 0.3 is 5.97 Å². The number of nitrogens with zero attached hydrogens (tertiary/aromatic N) is 1. The summed E-state index contributed by atoms with van der Waals surface area (Å²) >= 11 is 0. The van der Waals surface area contributed by atoms with Crippen LogP contribution in [0.1, 0.15) is 38.8 Å². The van der Waals surface area contributed by atoms with E-state index in [2.05, 4.69) is 5.32 Å². The fourth-order valence-corrected chi connectivity index (χ4v) is 2.70. The molecule has 0 aliphatic heterocycles. The van der Waals surface area contributed by atoms with Gasteiger partial charge < -0.3 is 14.8 Å². The first-order valence-corrected chi connectivity index (χ1v) is 8.74. The fraction of sp³-hybridized carbons (Fsp3) is 0.300. The van der Waals surface area contributed by atoms with E-state index in [4.69, 9.17) is 9.47 Å². The van der Waals surface area contributed by atoms with Crippen molar-refractivity contribution in [1.29, 1.82) is 0 Å². The highest BCUT2D eigenvalue weighted by molar-refractivity contribution is 5.99. The quantitative estimate of drug-likeness (QED) is 0.424. The lowest BCUT2D eigenvalue weighted by atomic mass is 10.1. The van der Waals surface area contributed by atoms with E-state index in [0.717, 1.165) is 29.0 Å². The largest absolute Gasteiger partial charge is 0.496 e. The molecule has 0 bridgehead atoms. The second-order valence-corrected chi connectivity index (χ2v) is 6.07. The van der Waals surface area contributed by atoms with Crippen LogP contribution in [0.3, 0.4) is 0 Å². The van der Waals surface area contributed by atoms with Gasteiger partial charge in [0.25, 0.3) is 11.6 Å². The van der Waals surface area contributed by atoms with Gasteiger partial charge in [-0.25, -0.2) is 4.79 Å². The minimum absolute atomic E-state index is 0.0217. The van der Waals surface area contributed by atoms with Crippen LogP contribution < -0.4 is 10.1 Å². The number of esters is 1. The van der Waals surface area contributed by atoms with Gasteiger partial charge in [0, 0.05) is 24.2 Å². The summed E-state index contributed by atoms with van der Waals surface area (Å²) in [5.41, 5.74) is 1.64. The number of benzene rings is 2. The molecule has 2 aromatic carbocycles. The van der Waals surface area contributed by atoms with E-state index in [-0.39, 0.29) is 23.4 Å². The second kappa shape index (κ2) is 9.50. The van der Waals surface area contributed by atoms with Gasteiger partial charge in [-0.05, 0) is 38.0 Å². The topological polar surface area (TPSA) is 108 Å². The summed E-state index contributed by atoms with van der Waals surface area (Å²) in [6.07, 6.45) is 0.524. The molecule has 8 heteroatoms. The van der Waals surface area contributed by atoms with Crippen LogP contribution in [0.5, 0.6) is 5.75 Å². The monoisotopic (exact) mass is 386 g/mol. The summed E-state index contributed by atoms with van der Waals surface area (Å²) in [6, 6.07) is 9.27. The lowest BCUT2D eigenvalue weighted by Gasteiger charge is -2.11. The molecule has 0 aromatic heterocycles. The Labute approximate surface area is 162 Å². The van der Waals surface area contributed by atoms with Crippen LogP contribution in [0, 0.1) is 17.0 Å². The first kappa shape index (κ1) is 20.9. The molecule has 0 unspecified atom stereocenters. The van der Waals surface area contributed by atoms with Crippen molar-refractivity contribution in [2.45, 2.75) is 20.3 Å². The van der Waals surface area contributed by atoms with Crippen LogP contribution in [0.15, 0.2) is 36.4 Å². The normalized spacial score (nSPS) is 10.2. The number of methoxy groups -OCH3 is 1. The number of non-ortho nitro benzene ring substituents is 1. The number of amides is 1. The van der Waals surface area contributed by atoms with Crippen molar-refractivity contribution in [3.05, 3.63) is 68.8 Å². The second-order valence-electron chi connectivity index (χ2n) is 6.07. The number of rotatable bonds is 8. The highest BCUT2D eigenvalue weighted by Gasteiger charge is 2.18. The Bertz CT molecular complexity index is 894. The van der Waals surface area contributed by atoms with E-state index < -0.39 is 16.8 Å². The minimum atomic E-state index is -0.718. The molecule has 0 radical (unpaired) electrons. The zero-order valence-electron chi connectivity index (χ0n) is 16.0. The summed E-state index contributed by atoms with van der Waals surface area (Å²) in [5, 5.41) is 13.8. The molecule has 0 saturated carbocycles. The van der Waals surface area contributed by atoms with Gasteiger partial charge in [0.2, 0.25) is 0 Å². The number of carbonyl (C=O) groups is 2. The number of hydrogen-bond donors (Lipinski definition) is 1. The molecule has 0 aliphatic rings. The smallest absolute Gasteiger partial charge is 0.338 e. The van der Waals surface area contributed by atoms with Gasteiger partial charge in [-0.1, -0.05) is 17.7 Å². The van der Waals surface area contributed by atoms with E-state index in [1.165, 1.54) is 6.07 Å². The number of nitro benzene ring substituents is 1. The van der Waals surface area contributed by atoms with E-state index in [1.807, 2.05) is 25.1 Å². The van der Waals surface area contributed by atoms with E-state index in [1.54, 1.807) is 14.0 Å². The molecule has 1 N–H and O–H groups in total.